The summed E-state index contributed by atoms with van der Waals surface area (Å²) in [6, 6.07) is 10.5. The molecule has 6 nitrogen and oxygen atoms in total. The molecule has 1 aliphatic heterocycles. The summed E-state index contributed by atoms with van der Waals surface area (Å²) in [4.78, 5) is 26.7. The van der Waals surface area contributed by atoms with Crippen molar-refractivity contribution >= 4 is 11.8 Å². The molecular weight excluding hydrogens is 388 g/mol. The van der Waals surface area contributed by atoms with Crippen molar-refractivity contribution in [1.29, 1.82) is 0 Å². The summed E-state index contributed by atoms with van der Waals surface area (Å²) < 4.78 is 1.77. The van der Waals surface area contributed by atoms with E-state index in [-0.39, 0.29) is 11.8 Å². The first-order chi connectivity index (χ1) is 15.1. The van der Waals surface area contributed by atoms with Crippen LogP contribution in [-0.4, -0.2) is 46.1 Å². The van der Waals surface area contributed by atoms with Crippen LogP contribution in [0.15, 0.2) is 36.5 Å². The average molecular weight is 423 g/mol. The van der Waals surface area contributed by atoms with E-state index in [1.165, 1.54) is 24.0 Å². The number of nitrogens with zero attached hydrogens (tertiary/aromatic N) is 3. The molecule has 0 atom stereocenters. The first kappa shape index (κ1) is 21.6. The number of hydrogen-bond donors (Lipinski definition) is 1. The van der Waals surface area contributed by atoms with Crippen molar-refractivity contribution in [2.24, 2.45) is 11.8 Å². The van der Waals surface area contributed by atoms with Crippen molar-refractivity contribution in [1.82, 2.24) is 20.0 Å². The predicted octanol–water partition coefficient (Wildman–Crippen LogP) is 3.46. The molecule has 2 fully saturated rings. The van der Waals surface area contributed by atoms with Gasteiger partial charge in [-0.3, -0.25) is 14.3 Å². The molecule has 1 saturated heterocycles. The van der Waals surface area contributed by atoms with Gasteiger partial charge in [-0.25, -0.2) is 0 Å². The molecule has 1 saturated carbocycles. The van der Waals surface area contributed by atoms with Crippen LogP contribution in [0.5, 0.6) is 0 Å². The van der Waals surface area contributed by atoms with Crippen LogP contribution >= 0.6 is 0 Å². The minimum Gasteiger partial charge on any atom is -0.356 e. The van der Waals surface area contributed by atoms with Crippen LogP contribution in [0.4, 0.5) is 0 Å². The molecule has 1 N–H and O–H groups in total. The number of amides is 2. The van der Waals surface area contributed by atoms with Crippen LogP contribution in [0.3, 0.4) is 0 Å². The standard InChI is InChI=1S/C25H34N4O2/c1-2-29-23(11-14-27-29)25(31)28-15-12-21(13-16-28)17-20-5-3-19(4-6-20)9-10-24(30)26-18-22-7-8-22/h3-6,11,14,21-22H,2,7-10,12-13,15-18H2,1H3,(H,26,30). The lowest BCUT2D eigenvalue weighted by molar-refractivity contribution is -0.121. The molecule has 1 aromatic carbocycles. The van der Waals surface area contributed by atoms with E-state index in [9.17, 15) is 9.59 Å². The molecule has 0 spiro atoms. The summed E-state index contributed by atoms with van der Waals surface area (Å²) in [6.07, 6.45) is 8.72. The van der Waals surface area contributed by atoms with Gasteiger partial charge < -0.3 is 10.2 Å². The Balaban J connectivity index is 1.19. The van der Waals surface area contributed by atoms with Gasteiger partial charge in [-0.1, -0.05) is 24.3 Å². The molecule has 1 aliphatic carbocycles. The molecule has 166 valence electrons. The highest BCUT2D eigenvalue weighted by molar-refractivity contribution is 5.92. The average Bonchev–Trinajstić information content (AvgIpc) is 3.51. The summed E-state index contributed by atoms with van der Waals surface area (Å²) >= 11 is 0. The largest absolute Gasteiger partial charge is 0.356 e. The fourth-order valence-corrected chi connectivity index (χ4v) is 4.37. The van der Waals surface area contributed by atoms with Gasteiger partial charge in [-0.05, 0) is 74.5 Å². The Morgan fingerprint density at radius 1 is 1.00 bits per heavy atom. The Morgan fingerprint density at radius 3 is 2.39 bits per heavy atom. The van der Waals surface area contributed by atoms with Gasteiger partial charge in [-0.15, -0.1) is 0 Å². The SMILES string of the molecule is CCn1nccc1C(=O)N1CCC(Cc2ccc(CCC(=O)NCC3CC3)cc2)CC1. The van der Waals surface area contributed by atoms with E-state index >= 15 is 0 Å². The maximum atomic E-state index is 12.8. The minimum atomic E-state index is 0.100. The van der Waals surface area contributed by atoms with E-state index in [4.69, 9.17) is 0 Å². The third-order valence-corrected chi connectivity index (χ3v) is 6.61. The molecule has 2 aromatic rings. The monoisotopic (exact) mass is 422 g/mol. The number of carbonyl (C=O) groups is 2. The maximum Gasteiger partial charge on any atom is 0.272 e. The number of aryl methyl sites for hydroxylation is 2. The van der Waals surface area contributed by atoms with Gasteiger partial charge in [0.15, 0.2) is 0 Å². The number of hydrogen-bond acceptors (Lipinski definition) is 3. The van der Waals surface area contributed by atoms with Crippen molar-refractivity contribution in [3.63, 3.8) is 0 Å². The number of likely N-dealkylation sites (tertiary alicyclic amines) is 1. The van der Waals surface area contributed by atoms with Crippen molar-refractivity contribution in [3.05, 3.63) is 53.3 Å². The highest BCUT2D eigenvalue weighted by Crippen LogP contribution is 2.27. The third-order valence-electron chi connectivity index (χ3n) is 6.61. The predicted molar refractivity (Wildman–Crippen MR) is 121 cm³/mol. The molecule has 4 rings (SSSR count). The zero-order chi connectivity index (χ0) is 21.6. The normalized spacial score (nSPS) is 17.0. The molecule has 0 unspecified atom stereocenters. The van der Waals surface area contributed by atoms with E-state index < -0.39 is 0 Å². The zero-order valence-electron chi connectivity index (χ0n) is 18.6. The maximum absolute atomic E-state index is 12.8. The highest BCUT2D eigenvalue weighted by Gasteiger charge is 2.25. The van der Waals surface area contributed by atoms with Crippen LogP contribution in [0.1, 0.15) is 60.6 Å². The lowest BCUT2D eigenvalue weighted by Gasteiger charge is -2.32. The lowest BCUT2D eigenvalue weighted by atomic mass is 9.89. The third kappa shape index (κ3) is 5.96. The number of nitrogens with one attached hydrogen (secondary N) is 1. The summed E-state index contributed by atoms with van der Waals surface area (Å²) in [5.74, 6) is 1.61. The van der Waals surface area contributed by atoms with Gasteiger partial charge in [0, 0.05) is 38.8 Å². The second-order valence-corrected chi connectivity index (χ2v) is 9.04. The summed E-state index contributed by atoms with van der Waals surface area (Å²) in [7, 11) is 0. The topological polar surface area (TPSA) is 67.2 Å². The van der Waals surface area contributed by atoms with E-state index in [0.717, 1.165) is 51.2 Å². The first-order valence-electron chi connectivity index (χ1n) is 11.8. The van der Waals surface area contributed by atoms with E-state index in [1.807, 2.05) is 17.9 Å². The molecule has 6 heteroatoms. The Bertz CT molecular complexity index is 877. The molecule has 2 amide bonds. The number of piperidine rings is 1. The van der Waals surface area contributed by atoms with Crippen LogP contribution in [-0.2, 0) is 24.2 Å². The van der Waals surface area contributed by atoms with Gasteiger partial charge in [0.25, 0.3) is 5.91 Å². The van der Waals surface area contributed by atoms with Crippen LogP contribution < -0.4 is 5.32 Å². The molecule has 2 heterocycles. The van der Waals surface area contributed by atoms with E-state index in [2.05, 4.69) is 34.7 Å². The molecule has 0 radical (unpaired) electrons. The summed E-state index contributed by atoms with van der Waals surface area (Å²) in [5, 5.41) is 7.25. The number of rotatable bonds is 9. The lowest BCUT2D eigenvalue weighted by Crippen LogP contribution is -2.39. The second kappa shape index (κ2) is 10.1. The fraction of sp³-hybridized carbons (Fsp3) is 0.560. The zero-order valence-corrected chi connectivity index (χ0v) is 18.6. The first-order valence-corrected chi connectivity index (χ1v) is 11.8. The fourth-order valence-electron chi connectivity index (χ4n) is 4.37. The molecule has 2 aliphatic rings. The number of carbonyl (C=O) groups excluding carboxylic acids is 2. The number of benzene rings is 1. The van der Waals surface area contributed by atoms with Gasteiger partial charge in [0.2, 0.25) is 5.91 Å². The van der Waals surface area contributed by atoms with Gasteiger partial charge in [0.1, 0.15) is 5.69 Å². The van der Waals surface area contributed by atoms with Gasteiger partial charge in [0.05, 0.1) is 0 Å². The van der Waals surface area contributed by atoms with E-state index in [0.29, 0.717) is 24.6 Å². The smallest absolute Gasteiger partial charge is 0.272 e. The van der Waals surface area contributed by atoms with Crippen molar-refractivity contribution in [2.45, 2.75) is 58.4 Å². The summed E-state index contributed by atoms with van der Waals surface area (Å²) in [5.41, 5.74) is 3.26. The minimum absolute atomic E-state index is 0.100. The summed E-state index contributed by atoms with van der Waals surface area (Å²) in [6.45, 7) is 5.19. The highest BCUT2D eigenvalue weighted by atomic mass is 16.2. The Morgan fingerprint density at radius 2 is 1.71 bits per heavy atom. The molecular formula is C25H34N4O2. The Kier molecular flexibility index (Phi) is 7.05. The van der Waals surface area contributed by atoms with E-state index in [1.54, 1.807) is 10.9 Å². The van der Waals surface area contributed by atoms with Crippen LogP contribution in [0.25, 0.3) is 0 Å². The van der Waals surface area contributed by atoms with Crippen molar-refractivity contribution < 1.29 is 9.59 Å². The number of aromatic nitrogens is 2. The van der Waals surface area contributed by atoms with Crippen molar-refractivity contribution in [3.8, 4) is 0 Å². The molecule has 0 bridgehead atoms. The van der Waals surface area contributed by atoms with Crippen LogP contribution in [0.2, 0.25) is 0 Å². The van der Waals surface area contributed by atoms with Gasteiger partial charge in [-0.2, -0.15) is 5.10 Å². The molecule has 1 aromatic heterocycles. The molecule has 31 heavy (non-hydrogen) atoms. The second-order valence-electron chi connectivity index (χ2n) is 9.04. The van der Waals surface area contributed by atoms with Crippen molar-refractivity contribution in [2.75, 3.05) is 19.6 Å². The quantitative estimate of drug-likeness (QED) is 0.673. The Hall–Kier alpha value is -2.63. The van der Waals surface area contributed by atoms with Crippen LogP contribution in [0, 0.1) is 11.8 Å². The Labute approximate surface area is 185 Å². The van der Waals surface area contributed by atoms with Gasteiger partial charge >= 0.3 is 0 Å².